The minimum Gasteiger partial charge on any atom is -0.462 e. The first-order chi connectivity index (χ1) is 14.9. The van der Waals surface area contributed by atoms with Gasteiger partial charge in [-0.25, -0.2) is 4.79 Å². The van der Waals surface area contributed by atoms with Crippen LogP contribution >= 0.6 is 34.7 Å². The van der Waals surface area contributed by atoms with Crippen LogP contribution in [0.4, 0.5) is 10.8 Å². The summed E-state index contributed by atoms with van der Waals surface area (Å²) in [5.74, 6) is -0.894. The molecular formula is C20H17ClN4O4S2. The van der Waals surface area contributed by atoms with Crippen molar-refractivity contribution in [3.8, 4) is 0 Å². The SMILES string of the molecule is CCOC(=O)c1ccc(NC(=O)CSc2nnc(NC(=O)c3cccc(Cl)c3)s2)cc1. The summed E-state index contributed by atoms with van der Waals surface area (Å²) in [6.07, 6.45) is 0. The molecule has 1 aromatic heterocycles. The Bertz CT molecular complexity index is 1090. The normalized spacial score (nSPS) is 10.4. The molecule has 31 heavy (non-hydrogen) atoms. The summed E-state index contributed by atoms with van der Waals surface area (Å²) in [4.78, 5) is 36.0. The van der Waals surface area contributed by atoms with E-state index < -0.39 is 5.97 Å². The van der Waals surface area contributed by atoms with Crippen molar-refractivity contribution >= 4 is 63.3 Å². The fourth-order valence-corrected chi connectivity index (χ4v) is 4.08. The van der Waals surface area contributed by atoms with Gasteiger partial charge >= 0.3 is 5.97 Å². The van der Waals surface area contributed by atoms with Crippen LogP contribution in [0, 0.1) is 0 Å². The summed E-state index contributed by atoms with van der Waals surface area (Å²) >= 11 is 8.25. The number of hydrogen-bond donors (Lipinski definition) is 2. The van der Waals surface area contributed by atoms with E-state index in [1.165, 1.54) is 11.8 Å². The number of carbonyl (C=O) groups excluding carboxylic acids is 3. The van der Waals surface area contributed by atoms with Crippen molar-refractivity contribution in [1.29, 1.82) is 0 Å². The quantitative estimate of drug-likeness (QED) is 0.282. The third-order valence-corrected chi connectivity index (χ3v) is 5.93. The maximum Gasteiger partial charge on any atom is 0.338 e. The molecule has 3 rings (SSSR count). The zero-order valence-electron chi connectivity index (χ0n) is 16.3. The van der Waals surface area contributed by atoms with E-state index in [0.29, 0.717) is 37.9 Å². The van der Waals surface area contributed by atoms with Gasteiger partial charge in [-0.1, -0.05) is 40.8 Å². The average molecular weight is 477 g/mol. The predicted octanol–water partition coefficient (Wildman–Crippen LogP) is 4.35. The van der Waals surface area contributed by atoms with Gasteiger partial charge < -0.3 is 10.1 Å². The number of thioether (sulfide) groups is 1. The molecular weight excluding hydrogens is 460 g/mol. The maximum absolute atomic E-state index is 12.2. The third kappa shape index (κ3) is 6.78. The van der Waals surface area contributed by atoms with Crippen LogP contribution in [-0.4, -0.2) is 40.3 Å². The van der Waals surface area contributed by atoms with Gasteiger partial charge in [-0.15, -0.1) is 10.2 Å². The van der Waals surface area contributed by atoms with Crippen LogP contribution in [0.15, 0.2) is 52.9 Å². The number of amides is 2. The van der Waals surface area contributed by atoms with Crippen molar-refractivity contribution in [2.24, 2.45) is 0 Å². The fourth-order valence-electron chi connectivity index (χ4n) is 2.35. The van der Waals surface area contributed by atoms with Crippen LogP contribution < -0.4 is 10.6 Å². The van der Waals surface area contributed by atoms with E-state index in [1.54, 1.807) is 55.5 Å². The lowest BCUT2D eigenvalue weighted by Gasteiger charge is -2.06. The smallest absolute Gasteiger partial charge is 0.338 e. The predicted molar refractivity (Wildman–Crippen MR) is 121 cm³/mol. The lowest BCUT2D eigenvalue weighted by molar-refractivity contribution is -0.113. The first-order valence-corrected chi connectivity index (χ1v) is 11.2. The largest absolute Gasteiger partial charge is 0.462 e. The fraction of sp³-hybridized carbons (Fsp3) is 0.150. The van der Waals surface area contributed by atoms with E-state index >= 15 is 0 Å². The van der Waals surface area contributed by atoms with Gasteiger partial charge in [0.25, 0.3) is 5.91 Å². The molecule has 2 N–H and O–H groups in total. The van der Waals surface area contributed by atoms with Crippen LogP contribution in [0.25, 0.3) is 0 Å². The Balaban J connectivity index is 1.48. The van der Waals surface area contributed by atoms with Crippen LogP contribution in [0.3, 0.4) is 0 Å². The van der Waals surface area contributed by atoms with Gasteiger partial charge in [0.2, 0.25) is 11.0 Å². The Kier molecular flexibility index (Phi) is 7.99. The number of aromatic nitrogens is 2. The molecule has 0 unspecified atom stereocenters. The lowest BCUT2D eigenvalue weighted by Crippen LogP contribution is -2.14. The van der Waals surface area contributed by atoms with Crippen molar-refractivity contribution in [2.45, 2.75) is 11.3 Å². The molecule has 0 aliphatic heterocycles. The summed E-state index contributed by atoms with van der Waals surface area (Å²) in [6.45, 7) is 2.03. The summed E-state index contributed by atoms with van der Waals surface area (Å²) in [5.41, 5.74) is 1.38. The zero-order valence-corrected chi connectivity index (χ0v) is 18.6. The van der Waals surface area contributed by atoms with Crippen molar-refractivity contribution in [3.63, 3.8) is 0 Å². The van der Waals surface area contributed by atoms with Crippen LogP contribution in [0.5, 0.6) is 0 Å². The molecule has 8 nitrogen and oxygen atoms in total. The molecule has 0 fully saturated rings. The van der Waals surface area contributed by atoms with E-state index in [1.807, 2.05) is 0 Å². The molecule has 2 aromatic carbocycles. The second-order valence-corrected chi connectivity index (χ2v) is 8.61. The van der Waals surface area contributed by atoms with Gasteiger partial charge in [0, 0.05) is 16.3 Å². The number of rotatable bonds is 8. The molecule has 0 radical (unpaired) electrons. The molecule has 3 aromatic rings. The molecule has 0 aliphatic carbocycles. The van der Waals surface area contributed by atoms with Crippen molar-refractivity contribution < 1.29 is 19.1 Å². The number of hydrogen-bond acceptors (Lipinski definition) is 8. The molecule has 160 valence electrons. The number of ether oxygens (including phenoxy) is 1. The van der Waals surface area contributed by atoms with Gasteiger partial charge in [0.1, 0.15) is 0 Å². The topological polar surface area (TPSA) is 110 Å². The molecule has 0 atom stereocenters. The number of benzene rings is 2. The second kappa shape index (κ2) is 10.9. The first kappa shape index (κ1) is 22.7. The van der Waals surface area contributed by atoms with Crippen LogP contribution in [0.2, 0.25) is 5.02 Å². The van der Waals surface area contributed by atoms with Crippen molar-refractivity contribution in [3.05, 3.63) is 64.7 Å². The highest BCUT2D eigenvalue weighted by Crippen LogP contribution is 2.26. The molecule has 11 heteroatoms. The van der Waals surface area contributed by atoms with E-state index in [9.17, 15) is 14.4 Å². The minimum absolute atomic E-state index is 0.108. The van der Waals surface area contributed by atoms with Crippen LogP contribution in [-0.2, 0) is 9.53 Å². The van der Waals surface area contributed by atoms with Gasteiger partial charge in [0.05, 0.1) is 17.9 Å². The molecule has 0 bridgehead atoms. The standard InChI is InChI=1S/C20H17ClN4O4S2/c1-2-29-18(28)12-6-8-15(9-7-12)22-16(26)11-30-20-25-24-19(31-20)23-17(27)13-4-3-5-14(21)10-13/h3-10H,2,11H2,1H3,(H,22,26)(H,23,24,27). The number of nitrogens with zero attached hydrogens (tertiary/aromatic N) is 2. The highest BCUT2D eigenvalue weighted by molar-refractivity contribution is 8.01. The maximum atomic E-state index is 12.2. The molecule has 2 amide bonds. The second-order valence-electron chi connectivity index (χ2n) is 5.97. The summed E-state index contributed by atoms with van der Waals surface area (Å²) in [6, 6.07) is 13.0. The van der Waals surface area contributed by atoms with Gasteiger partial charge in [-0.05, 0) is 49.4 Å². The molecule has 0 saturated heterocycles. The molecule has 0 aliphatic rings. The van der Waals surface area contributed by atoms with E-state index in [2.05, 4.69) is 20.8 Å². The van der Waals surface area contributed by atoms with Crippen molar-refractivity contribution in [2.75, 3.05) is 23.0 Å². The monoisotopic (exact) mass is 476 g/mol. The average Bonchev–Trinajstić information content (AvgIpc) is 3.20. The van der Waals surface area contributed by atoms with E-state index in [4.69, 9.17) is 16.3 Å². The molecule has 0 spiro atoms. The number of nitrogens with one attached hydrogen (secondary N) is 2. The minimum atomic E-state index is -0.412. The lowest BCUT2D eigenvalue weighted by atomic mass is 10.2. The molecule has 0 saturated carbocycles. The number of carbonyl (C=O) groups is 3. The highest BCUT2D eigenvalue weighted by Gasteiger charge is 2.13. The Hall–Kier alpha value is -2.95. The Labute approximate surface area is 191 Å². The van der Waals surface area contributed by atoms with Crippen molar-refractivity contribution in [1.82, 2.24) is 10.2 Å². The third-order valence-electron chi connectivity index (χ3n) is 3.72. The Morgan fingerprint density at radius 2 is 1.84 bits per heavy atom. The van der Waals surface area contributed by atoms with Crippen LogP contribution in [0.1, 0.15) is 27.6 Å². The summed E-state index contributed by atoms with van der Waals surface area (Å²) < 4.78 is 5.46. The van der Waals surface area contributed by atoms with Gasteiger partial charge in [-0.3, -0.25) is 14.9 Å². The zero-order chi connectivity index (χ0) is 22.2. The summed E-state index contributed by atoms with van der Waals surface area (Å²) in [7, 11) is 0. The molecule has 1 heterocycles. The number of esters is 1. The van der Waals surface area contributed by atoms with Gasteiger partial charge in [0.15, 0.2) is 4.34 Å². The highest BCUT2D eigenvalue weighted by atomic mass is 35.5. The van der Waals surface area contributed by atoms with Gasteiger partial charge in [-0.2, -0.15) is 0 Å². The summed E-state index contributed by atoms with van der Waals surface area (Å²) in [5, 5.41) is 14.1. The number of anilines is 2. The van der Waals surface area contributed by atoms with E-state index in [-0.39, 0.29) is 17.6 Å². The first-order valence-electron chi connectivity index (χ1n) is 9.05. The Morgan fingerprint density at radius 1 is 1.06 bits per heavy atom. The number of halogens is 1. The Morgan fingerprint density at radius 3 is 2.55 bits per heavy atom. The van der Waals surface area contributed by atoms with E-state index in [0.717, 1.165) is 11.3 Å².